The van der Waals surface area contributed by atoms with E-state index in [9.17, 15) is 4.79 Å². The highest BCUT2D eigenvalue weighted by Gasteiger charge is 2.40. The Hall–Kier alpha value is -2.09. The number of hydrogen-bond acceptors (Lipinski definition) is 2. The molecule has 2 aromatic rings. The van der Waals surface area contributed by atoms with Crippen LogP contribution in [0.15, 0.2) is 30.3 Å². The van der Waals surface area contributed by atoms with Gasteiger partial charge in [0.1, 0.15) is 11.7 Å². The van der Waals surface area contributed by atoms with Crippen LogP contribution in [0, 0.1) is 13.8 Å². The van der Waals surface area contributed by atoms with Crippen molar-refractivity contribution < 1.29 is 9.53 Å². The van der Waals surface area contributed by atoms with Gasteiger partial charge in [0.05, 0.1) is 0 Å². The number of ether oxygens (including phenoxy) is 1. The van der Waals surface area contributed by atoms with E-state index in [0.717, 1.165) is 22.4 Å². The van der Waals surface area contributed by atoms with Gasteiger partial charge in [-0.15, -0.1) is 0 Å². The van der Waals surface area contributed by atoms with E-state index in [4.69, 9.17) is 4.74 Å². The lowest BCUT2D eigenvalue weighted by molar-refractivity contribution is -0.133. The molecule has 0 aromatic heterocycles. The smallest absolute Gasteiger partial charge is 0.323 e. The zero-order valence-corrected chi connectivity index (χ0v) is 17.3. The maximum absolute atomic E-state index is 12.9. The normalized spacial score (nSPS) is 17.2. The highest BCUT2D eigenvalue weighted by atomic mass is 16.5. The SMILES string of the molecule is Cc1ccc(C2C(=O)Oc3cc(C(C)(C)C)cc(C(C)(C)C)c32)c(C)c1. The van der Waals surface area contributed by atoms with Crippen LogP contribution in [0.4, 0.5) is 0 Å². The molecule has 1 atom stereocenters. The molecule has 26 heavy (non-hydrogen) atoms. The van der Waals surface area contributed by atoms with E-state index in [1.807, 2.05) is 0 Å². The molecule has 0 radical (unpaired) electrons. The monoisotopic (exact) mass is 350 g/mol. The highest BCUT2D eigenvalue weighted by molar-refractivity contribution is 5.91. The largest absolute Gasteiger partial charge is 0.425 e. The van der Waals surface area contributed by atoms with Crippen molar-refractivity contribution in [1.82, 2.24) is 0 Å². The van der Waals surface area contributed by atoms with Crippen molar-refractivity contribution in [1.29, 1.82) is 0 Å². The first kappa shape index (κ1) is 18.7. The molecule has 3 rings (SSSR count). The van der Waals surface area contributed by atoms with Crippen molar-refractivity contribution in [3.8, 4) is 5.75 Å². The van der Waals surface area contributed by atoms with E-state index in [2.05, 4.69) is 85.7 Å². The number of hydrogen-bond donors (Lipinski definition) is 0. The molecule has 2 aromatic carbocycles. The van der Waals surface area contributed by atoms with Crippen molar-refractivity contribution in [3.63, 3.8) is 0 Å². The molecule has 0 saturated carbocycles. The average molecular weight is 351 g/mol. The maximum Gasteiger partial charge on any atom is 0.323 e. The van der Waals surface area contributed by atoms with Gasteiger partial charge in [-0.1, -0.05) is 71.4 Å². The first-order valence-corrected chi connectivity index (χ1v) is 9.37. The predicted octanol–water partition coefficient (Wildman–Crippen LogP) is 5.95. The lowest BCUT2D eigenvalue weighted by atomic mass is 9.74. The van der Waals surface area contributed by atoms with E-state index >= 15 is 0 Å². The van der Waals surface area contributed by atoms with Gasteiger partial charge in [-0.25, -0.2) is 0 Å². The van der Waals surface area contributed by atoms with Crippen LogP contribution in [0.25, 0.3) is 0 Å². The number of carbonyl (C=O) groups excluding carboxylic acids is 1. The van der Waals surface area contributed by atoms with Crippen LogP contribution in [-0.2, 0) is 15.6 Å². The summed E-state index contributed by atoms with van der Waals surface area (Å²) in [6, 6.07) is 10.6. The molecule has 1 aliphatic rings. The number of aryl methyl sites for hydroxylation is 2. The molecule has 1 unspecified atom stereocenters. The summed E-state index contributed by atoms with van der Waals surface area (Å²) in [5.41, 5.74) is 6.77. The molecule has 2 nitrogen and oxygen atoms in total. The van der Waals surface area contributed by atoms with Gasteiger partial charge in [0.25, 0.3) is 0 Å². The fourth-order valence-electron chi connectivity index (χ4n) is 3.78. The van der Waals surface area contributed by atoms with E-state index in [1.54, 1.807) is 0 Å². The summed E-state index contributed by atoms with van der Waals surface area (Å²) >= 11 is 0. The fraction of sp³-hybridized carbons (Fsp3) is 0.458. The quantitative estimate of drug-likeness (QED) is 0.469. The van der Waals surface area contributed by atoms with Gasteiger partial charge in [0.2, 0.25) is 0 Å². The number of esters is 1. The minimum Gasteiger partial charge on any atom is -0.425 e. The second-order valence-corrected chi connectivity index (χ2v) is 9.65. The van der Waals surface area contributed by atoms with Gasteiger partial charge in [0.15, 0.2) is 0 Å². The Morgan fingerprint density at radius 2 is 1.54 bits per heavy atom. The Bertz CT molecular complexity index is 876. The Kier molecular flexibility index (Phi) is 4.29. The van der Waals surface area contributed by atoms with Crippen molar-refractivity contribution in [3.05, 3.63) is 63.7 Å². The third-order valence-corrected chi connectivity index (χ3v) is 5.29. The third kappa shape index (κ3) is 3.18. The van der Waals surface area contributed by atoms with E-state index < -0.39 is 0 Å². The number of fused-ring (bicyclic) bond motifs is 1. The van der Waals surface area contributed by atoms with Gasteiger partial charge in [-0.3, -0.25) is 4.79 Å². The van der Waals surface area contributed by atoms with Gasteiger partial charge < -0.3 is 4.74 Å². The molecule has 1 heterocycles. The van der Waals surface area contributed by atoms with Crippen LogP contribution in [-0.4, -0.2) is 5.97 Å². The lowest BCUT2D eigenvalue weighted by Gasteiger charge is -2.28. The van der Waals surface area contributed by atoms with Crippen LogP contribution < -0.4 is 4.74 Å². The van der Waals surface area contributed by atoms with E-state index in [-0.39, 0.29) is 22.7 Å². The predicted molar refractivity (Wildman–Crippen MR) is 107 cm³/mol. The van der Waals surface area contributed by atoms with Crippen LogP contribution >= 0.6 is 0 Å². The summed E-state index contributed by atoms with van der Waals surface area (Å²) in [7, 11) is 0. The molecule has 0 aliphatic carbocycles. The highest BCUT2D eigenvalue weighted by Crippen LogP contribution is 2.47. The number of benzene rings is 2. The summed E-state index contributed by atoms with van der Waals surface area (Å²) < 4.78 is 5.79. The van der Waals surface area contributed by atoms with Crippen LogP contribution in [0.2, 0.25) is 0 Å². The Morgan fingerprint density at radius 3 is 2.08 bits per heavy atom. The molecule has 0 bridgehead atoms. The third-order valence-electron chi connectivity index (χ3n) is 5.29. The molecule has 1 aliphatic heterocycles. The molecule has 0 amide bonds. The Balaban J connectivity index is 2.29. The second kappa shape index (κ2) is 5.97. The molecule has 0 fully saturated rings. The minimum absolute atomic E-state index is 0.000695. The fourth-order valence-corrected chi connectivity index (χ4v) is 3.78. The Labute approximate surface area is 157 Å². The first-order valence-electron chi connectivity index (χ1n) is 9.37. The maximum atomic E-state index is 12.9. The van der Waals surface area contributed by atoms with Crippen molar-refractivity contribution in [2.24, 2.45) is 0 Å². The first-order chi connectivity index (χ1) is 11.9. The standard InChI is InChI=1S/C24H30O2/c1-14-9-10-17(15(2)11-14)20-21-18(24(6,7)8)12-16(23(3,4)5)13-19(21)26-22(20)25/h9-13,20H,1-8H3. The van der Waals surface area contributed by atoms with Crippen molar-refractivity contribution >= 4 is 5.97 Å². The lowest BCUT2D eigenvalue weighted by Crippen LogP contribution is -2.20. The summed E-state index contributed by atoms with van der Waals surface area (Å²) in [5.74, 6) is 0.231. The van der Waals surface area contributed by atoms with E-state index in [0.29, 0.717) is 0 Å². The molecule has 0 saturated heterocycles. The summed E-state index contributed by atoms with van der Waals surface area (Å²) in [4.78, 5) is 12.9. The molecule has 2 heteroatoms. The van der Waals surface area contributed by atoms with Crippen molar-refractivity contribution in [2.45, 2.75) is 72.1 Å². The van der Waals surface area contributed by atoms with Crippen LogP contribution in [0.3, 0.4) is 0 Å². The van der Waals surface area contributed by atoms with Crippen molar-refractivity contribution in [2.75, 3.05) is 0 Å². The summed E-state index contributed by atoms with van der Waals surface area (Å²) in [6.45, 7) is 17.4. The van der Waals surface area contributed by atoms with E-state index in [1.165, 1.54) is 16.7 Å². The van der Waals surface area contributed by atoms with Gasteiger partial charge in [-0.2, -0.15) is 0 Å². The zero-order valence-electron chi connectivity index (χ0n) is 17.3. The summed E-state index contributed by atoms with van der Waals surface area (Å²) in [5, 5.41) is 0. The number of rotatable bonds is 1. The molecule has 138 valence electrons. The average Bonchev–Trinajstić information content (AvgIpc) is 2.80. The molecular formula is C24H30O2. The summed E-state index contributed by atoms with van der Waals surface area (Å²) in [6.07, 6.45) is 0. The zero-order chi connectivity index (χ0) is 19.4. The Morgan fingerprint density at radius 1 is 0.885 bits per heavy atom. The topological polar surface area (TPSA) is 26.3 Å². The molecule has 0 N–H and O–H groups in total. The van der Waals surface area contributed by atoms with Crippen LogP contribution in [0.1, 0.15) is 80.8 Å². The van der Waals surface area contributed by atoms with Gasteiger partial charge >= 0.3 is 5.97 Å². The second-order valence-electron chi connectivity index (χ2n) is 9.65. The van der Waals surface area contributed by atoms with Crippen LogP contribution in [0.5, 0.6) is 5.75 Å². The molecule has 0 spiro atoms. The van der Waals surface area contributed by atoms with Gasteiger partial charge in [-0.05, 0) is 53.0 Å². The molecular weight excluding hydrogens is 320 g/mol. The number of carbonyl (C=O) groups is 1. The van der Waals surface area contributed by atoms with Gasteiger partial charge in [0, 0.05) is 5.56 Å². The minimum atomic E-state index is -0.339.